The molecule has 0 spiro atoms. The zero-order valence-electron chi connectivity index (χ0n) is 11.8. The van der Waals surface area contributed by atoms with E-state index in [1.165, 1.54) is 0 Å². The molecule has 0 aromatic heterocycles. The van der Waals surface area contributed by atoms with Crippen LogP contribution in [0.4, 0.5) is 0 Å². The molecule has 2 atom stereocenters. The molecule has 2 N–H and O–H groups in total. The molecule has 4 heteroatoms. The molecule has 1 amide bonds. The molecule has 0 radical (unpaired) electrons. The van der Waals surface area contributed by atoms with Crippen molar-refractivity contribution in [2.24, 2.45) is 11.7 Å². The van der Waals surface area contributed by atoms with Gasteiger partial charge < -0.3 is 10.6 Å². The Morgan fingerprint density at radius 3 is 2.24 bits per heavy atom. The molecule has 1 heterocycles. The highest BCUT2D eigenvalue weighted by molar-refractivity contribution is 5.82. The van der Waals surface area contributed by atoms with E-state index in [2.05, 4.69) is 25.7 Å². The van der Waals surface area contributed by atoms with Crippen molar-refractivity contribution in [3.8, 4) is 0 Å². The first kappa shape index (κ1) is 14.5. The zero-order valence-corrected chi connectivity index (χ0v) is 11.8. The first-order valence-electron chi connectivity index (χ1n) is 6.64. The molecule has 17 heavy (non-hydrogen) atoms. The Balaban J connectivity index is 2.60. The number of carbonyl (C=O) groups excluding carboxylic acids is 1. The molecule has 0 aliphatic carbocycles. The highest BCUT2D eigenvalue weighted by atomic mass is 16.2. The van der Waals surface area contributed by atoms with E-state index < -0.39 is 0 Å². The molecular formula is C13H27N3O. The van der Waals surface area contributed by atoms with Crippen molar-refractivity contribution >= 4 is 5.91 Å². The highest BCUT2D eigenvalue weighted by Crippen LogP contribution is 2.14. The van der Waals surface area contributed by atoms with Crippen molar-refractivity contribution < 1.29 is 4.79 Å². The molecule has 100 valence electrons. The molecule has 1 aliphatic rings. The third-order valence-corrected chi connectivity index (χ3v) is 3.68. The van der Waals surface area contributed by atoms with Crippen LogP contribution >= 0.6 is 0 Å². The van der Waals surface area contributed by atoms with E-state index in [-0.39, 0.29) is 23.9 Å². The van der Waals surface area contributed by atoms with E-state index in [0.29, 0.717) is 6.04 Å². The summed E-state index contributed by atoms with van der Waals surface area (Å²) >= 11 is 0. The molecule has 0 saturated carbocycles. The Labute approximate surface area is 105 Å². The van der Waals surface area contributed by atoms with Crippen molar-refractivity contribution in [2.45, 2.75) is 52.7 Å². The predicted octanol–water partition coefficient (Wildman–Crippen LogP) is 0.911. The third kappa shape index (κ3) is 3.42. The van der Waals surface area contributed by atoms with Crippen LogP contribution < -0.4 is 5.73 Å². The van der Waals surface area contributed by atoms with Gasteiger partial charge in [-0.3, -0.25) is 9.69 Å². The lowest BCUT2D eigenvalue weighted by atomic mass is 10.0. The Morgan fingerprint density at radius 1 is 1.24 bits per heavy atom. The van der Waals surface area contributed by atoms with Gasteiger partial charge in [0.25, 0.3) is 0 Å². The van der Waals surface area contributed by atoms with Gasteiger partial charge in [-0.2, -0.15) is 0 Å². The number of nitrogens with two attached hydrogens (primary N) is 1. The number of hydrogen-bond acceptors (Lipinski definition) is 3. The van der Waals surface area contributed by atoms with Gasteiger partial charge in [0, 0.05) is 31.7 Å². The largest absolute Gasteiger partial charge is 0.336 e. The van der Waals surface area contributed by atoms with Crippen LogP contribution in [0.5, 0.6) is 0 Å². The minimum absolute atomic E-state index is 0.107. The Hall–Kier alpha value is -0.610. The quantitative estimate of drug-likeness (QED) is 0.799. The molecule has 1 fully saturated rings. The summed E-state index contributed by atoms with van der Waals surface area (Å²) < 4.78 is 0. The van der Waals surface area contributed by atoms with Gasteiger partial charge in [0.2, 0.25) is 5.91 Å². The van der Waals surface area contributed by atoms with E-state index in [4.69, 9.17) is 5.73 Å². The number of piperazine rings is 1. The van der Waals surface area contributed by atoms with Gasteiger partial charge in [-0.05, 0) is 26.7 Å². The maximum Gasteiger partial charge on any atom is 0.240 e. The molecule has 0 bridgehead atoms. The van der Waals surface area contributed by atoms with E-state index in [9.17, 15) is 4.79 Å². The minimum Gasteiger partial charge on any atom is -0.336 e. The third-order valence-electron chi connectivity index (χ3n) is 3.68. The van der Waals surface area contributed by atoms with Gasteiger partial charge in [-0.15, -0.1) is 0 Å². The smallest absolute Gasteiger partial charge is 0.240 e. The lowest BCUT2D eigenvalue weighted by molar-refractivity contribution is -0.138. The number of carbonyl (C=O) groups is 1. The maximum absolute atomic E-state index is 12.2. The lowest BCUT2D eigenvalue weighted by Crippen LogP contribution is -2.59. The SMILES string of the molecule is CC(C)[C@H](N)C(=O)N1CCN(C(C)C)C[C@H]1C. The number of hydrogen-bond donors (Lipinski definition) is 1. The number of rotatable bonds is 3. The van der Waals surface area contributed by atoms with E-state index in [1.54, 1.807) is 0 Å². The molecule has 0 aromatic rings. The van der Waals surface area contributed by atoms with Gasteiger partial charge in [-0.25, -0.2) is 0 Å². The molecule has 4 nitrogen and oxygen atoms in total. The normalized spacial score (nSPS) is 24.5. The summed E-state index contributed by atoms with van der Waals surface area (Å²) in [6, 6.07) is 0.458. The fraction of sp³-hybridized carbons (Fsp3) is 0.923. The van der Waals surface area contributed by atoms with Crippen LogP contribution in [-0.4, -0.2) is 53.5 Å². The van der Waals surface area contributed by atoms with Crippen molar-refractivity contribution in [2.75, 3.05) is 19.6 Å². The molecule has 1 aliphatic heterocycles. The number of amides is 1. The minimum atomic E-state index is -0.358. The second-order valence-corrected chi connectivity index (χ2v) is 5.74. The van der Waals surface area contributed by atoms with Gasteiger partial charge >= 0.3 is 0 Å². The fourth-order valence-corrected chi connectivity index (χ4v) is 2.26. The van der Waals surface area contributed by atoms with Crippen LogP contribution in [0, 0.1) is 5.92 Å². The lowest BCUT2D eigenvalue weighted by Gasteiger charge is -2.42. The van der Waals surface area contributed by atoms with Crippen molar-refractivity contribution in [1.29, 1.82) is 0 Å². The Morgan fingerprint density at radius 2 is 1.82 bits per heavy atom. The maximum atomic E-state index is 12.2. The van der Waals surface area contributed by atoms with Crippen LogP contribution in [0.25, 0.3) is 0 Å². The van der Waals surface area contributed by atoms with Crippen molar-refractivity contribution in [1.82, 2.24) is 9.80 Å². The van der Waals surface area contributed by atoms with E-state index in [0.717, 1.165) is 19.6 Å². The Kier molecular flexibility index (Phi) is 4.95. The molecule has 1 rings (SSSR count). The van der Waals surface area contributed by atoms with Gasteiger partial charge in [0.05, 0.1) is 6.04 Å². The first-order valence-corrected chi connectivity index (χ1v) is 6.64. The van der Waals surface area contributed by atoms with Crippen LogP contribution in [0.1, 0.15) is 34.6 Å². The predicted molar refractivity (Wildman–Crippen MR) is 70.7 cm³/mol. The first-order chi connectivity index (χ1) is 7.84. The summed E-state index contributed by atoms with van der Waals surface area (Å²) in [5, 5.41) is 0. The van der Waals surface area contributed by atoms with Crippen LogP contribution in [-0.2, 0) is 4.79 Å². The second-order valence-electron chi connectivity index (χ2n) is 5.74. The van der Waals surface area contributed by atoms with Crippen LogP contribution in [0.3, 0.4) is 0 Å². The standard InChI is InChI=1S/C13H27N3O/c1-9(2)12(14)13(17)16-7-6-15(10(3)4)8-11(16)5/h9-12H,6-8,14H2,1-5H3/t11-,12+/m1/s1. The summed E-state index contributed by atoms with van der Waals surface area (Å²) in [5.74, 6) is 0.314. The topological polar surface area (TPSA) is 49.6 Å². The molecular weight excluding hydrogens is 214 g/mol. The molecule has 0 unspecified atom stereocenters. The molecule has 1 saturated heterocycles. The molecule has 0 aromatic carbocycles. The summed E-state index contributed by atoms with van der Waals surface area (Å²) in [6.45, 7) is 13.2. The van der Waals surface area contributed by atoms with Crippen LogP contribution in [0.2, 0.25) is 0 Å². The highest BCUT2D eigenvalue weighted by Gasteiger charge is 2.31. The van der Waals surface area contributed by atoms with Crippen molar-refractivity contribution in [3.05, 3.63) is 0 Å². The van der Waals surface area contributed by atoms with Gasteiger partial charge in [0.1, 0.15) is 0 Å². The summed E-state index contributed by atoms with van der Waals surface area (Å²) in [6.07, 6.45) is 0. The summed E-state index contributed by atoms with van der Waals surface area (Å²) in [5.41, 5.74) is 5.94. The van der Waals surface area contributed by atoms with E-state index >= 15 is 0 Å². The van der Waals surface area contributed by atoms with Crippen molar-refractivity contribution in [3.63, 3.8) is 0 Å². The zero-order chi connectivity index (χ0) is 13.2. The monoisotopic (exact) mass is 241 g/mol. The van der Waals surface area contributed by atoms with Gasteiger partial charge in [0.15, 0.2) is 0 Å². The average molecular weight is 241 g/mol. The number of nitrogens with zero attached hydrogens (tertiary/aromatic N) is 2. The fourth-order valence-electron chi connectivity index (χ4n) is 2.26. The average Bonchev–Trinajstić information content (AvgIpc) is 2.26. The van der Waals surface area contributed by atoms with E-state index in [1.807, 2.05) is 18.7 Å². The van der Waals surface area contributed by atoms with Gasteiger partial charge in [-0.1, -0.05) is 13.8 Å². The Bertz CT molecular complexity index is 265. The van der Waals surface area contributed by atoms with Crippen LogP contribution in [0.15, 0.2) is 0 Å². The second kappa shape index (κ2) is 5.83. The summed E-state index contributed by atoms with van der Waals surface area (Å²) in [7, 11) is 0. The summed E-state index contributed by atoms with van der Waals surface area (Å²) in [4.78, 5) is 16.6.